The van der Waals surface area contributed by atoms with Gasteiger partial charge in [0.2, 0.25) is 0 Å². The first-order chi connectivity index (χ1) is 7.50. The van der Waals surface area contributed by atoms with E-state index in [-0.39, 0.29) is 0 Å². The third-order valence-corrected chi connectivity index (χ3v) is 1.86. The Kier molecular flexibility index (Phi) is 3.96. The lowest BCUT2D eigenvalue weighted by Gasteiger charge is -2.13. The zero-order valence-electron chi connectivity index (χ0n) is 8.53. The summed E-state index contributed by atoms with van der Waals surface area (Å²) in [7, 11) is 0. The van der Waals surface area contributed by atoms with E-state index >= 15 is 0 Å². The summed E-state index contributed by atoms with van der Waals surface area (Å²) in [5, 5.41) is 8.68. The Morgan fingerprint density at radius 1 is 1.31 bits per heavy atom. The van der Waals surface area contributed by atoms with Crippen molar-refractivity contribution >= 4 is 17.4 Å². The third kappa shape index (κ3) is 3.32. The molecule has 0 aromatic heterocycles. The fourth-order valence-electron chi connectivity index (χ4n) is 1.03. The van der Waals surface area contributed by atoms with Crippen molar-refractivity contribution in [2.45, 2.75) is 13.0 Å². The second kappa shape index (κ2) is 5.22. The van der Waals surface area contributed by atoms with Gasteiger partial charge in [-0.05, 0) is 31.2 Å². The molecule has 0 fully saturated rings. The van der Waals surface area contributed by atoms with Crippen LogP contribution in [-0.2, 0) is 9.59 Å². The van der Waals surface area contributed by atoms with E-state index in [1.807, 2.05) is 0 Å². The average Bonchev–Trinajstić information content (AvgIpc) is 2.20. The lowest BCUT2D eigenvalue weighted by Crippen LogP contribution is -2.45. The Morgan fingerprint density at radius 2 is 1.88 bits per heavy atom. The number of hydrogen-bond donors (Lipinski definition) is 3. The highest BCUT2D eigenvalue weighted by Gasteiger charge is 2.21. The number of carboxylic acids is 1. The van der Waals surface area contributed by atoms with Crippen molar-refractivity contribution in [3.8, 4) is 0 Å². The fraction of sp³-hybridized carbons (Fsp3) is 0.200. The van der Waals surface area contributed by atoms with Crippen molar-refractivity contribution in [3.63, 3.8) is 0 Å². The number of Topliss-reactive ketones (excluding diaryl/α,β-unsaturated/α-hetero) is 1. The van der Waals surface area contributed by atoms with Gasteiger partial charge in [-0.1, -0.05) is 0 Å². The molecule has 0 heterocycles. The van der Waals surface area contributed by atoms with Crippen molar-refractivity contribution in [3.05, 3.63) is 30.1 Å². The number of rotatable bonds is 5. The summed E-state index contributed by atoms with van der Waals surface area (Å²) in [6.45, 7) is 1.16. The van der Waals surface area contributed by atoms with Crippen molar-refractivity contribution in [1.82, 2.24) is 5.43 Å². The zero-order chi connectivity index (χ0) is 12.1. The lowest BCUT2D eigenvalue weighted by atomic mass is 10.2. The molecule has 0 aliphatic heterocycles. The molecule has 1 atom stereocenters. The van der Waals surface area contributed by atoms with Crippen molar-refractivity contribution in [2.75, 3.05) is 5.43 Å². The van der Waals surface area contributed by atoms with E-state index in [0.717, 1.165) is 6.92 Å². The van der Waals surface area contributed by atoms with E-state index in [2.05, 4.69) is 10.9 Å². The molecular weight excluding hydrogens is 215 g/mol. The summed E-state index contributed by atoms with van der Waals surface area (Å²) >= 11 is 0. The molecule has 0 radical (unpaired) electrons. The molecule has 0 bridgehead atoms. The average molecular weight is 226 g/mol. The first-order valence-corrected chi connectivity index (χ1v) is 4.51. The molecule has 3 N–H and O–H groups in total. The monoisotopic (exact) mass is 226 g/mol. The first-order valence-electron chi connectivity index (χ1n) is 4.51. The highest BCUT2D eigenvalue weighted by Crippen LogP contribution is 2.06. The second-order valence-corrected chi connectivity index (χ2v) is 3.16. The number of benzene rings is 1. The molecule has 1 aromatic rings. The SMILES string of the molecule is CC(=O)C(NNc1ccc(F)cc1)C(=O)O. The summed E-state index contributed by atoms with van der Waals surface area (Å²) in [5.74, 6) is -2.20. The Balaban J connectivity index is 2.59. The fourth-order valence-corrected chi connectivity index (χ4v) is 1.03. The number of halogens is 1. The molecule has 6 heteroatoms. The minimum Gasteiger partial charge on any atom is -0.480 e. The standard InChI is InChI=1S/C10H11FN2O3/c1-6(14)9(10(15)16)13-12-8-4-2-7(11)3-5-8/h2-5,9,12-13H,1H3,(H,15,16). The first kappa shape index (κ1) is 12.1. The second-order valence-electron chi connectivity index (χ2n) is 3.16. The number of hydrazine groups is 1. The van der Waals surface area contributed by atoms with Crippen LogP contribution in [0.25, 0.3) is 0 Å². The van der Waals surface area contributed by atoms with Gasteiger partial charge in [0.05, 0.1) is 0 Å². The highest BCUT2D eigenvalue weighted by atomic mass is 19.1. The molecule has 86 valence electrons. The topological polar surface area (TPSA) is 78.4 Å². The molecule has 1 aromatic carbocycles. The molecule has 1 rings (SSSR count). The van der Waals surface area contributed by atoms with E-state index < -0.39 is 23.6 Å². The van der Waals surface area contributed by atoms with Gasteiger partial charge in [0.15, 0.2) is 11.8 Å². The van der Waals surface area contributed by atoms with Crippen LogP contribution in [0.4, 0.5) is 10.1 Å². The number of carbonyl (C=O) groups excluding carboxylic acids is 1. The van der Waals surface area contributed by atoms with Gasteiger partial charge in [-0.3, -0.25) is 4.79 Å². The summed E-state index contributed by atoms with van der Waals surface area (Å²) < 4.78 is 12.5. The van der Waals surface area contributed by atoms with Crippen LogP contribution in [0.3, 0.4) is 0 Å². The molecule has 0 saturated heterocycles. The summed E-state index contributed by atoms with van der Waals surface area (Å²) in [6.07, 6.45) is 0. The van der Waals surface area contributed by atoms with Crippen LogP contribution >= 0.6 is 0 Å². The molecule has 0 aliphatic carbocycles. The Hall–Kier alpha value is -1.95. The quantitative estimate of drug-likeness (QED) is 0.511. The molecule has 1 unspecified atom stereocenters. The minimum absolute atomic E-state index is 0.396. The summed E-state index contributed by atoms with van der Waals surface area (Å²) in [6, 6.07) is 3.94. The predicted octanol–water partition coefficient (Wildman–Crippen LogP) is 0.784. The van der Waals surface area contributed by atoms with Crippen molar-refractivity contribution in [2.24, 2.45) is 0 Å². The van der Waals surface area contributed by atoms with Crippen LogP contribution in [0.15, 0.2) is 24.3 Å². The number of nitrogens with one attached hydrogen (secondary N) is 2. The van der Waals surface area contributed by atoms with E-state index in [9.17, 15) is 14.0 Å². The molecule has 0 saturated carbocycles. The van der Waals surface area contributed by atoms with Gasteiger partial charge in [0.25, 0.3) is 0 Å². The number of anilines is 1. The van der Waals surface area contributed by atoms with Crippen LogP contribution < -0.4 is 10.9 Å². The maximum absolute atomic E-state index is 12.5. The third-order valence-electron chi connectivity index (χ3n) is 1.86. The van der Waals surface area contributed by atoms with Gasteiger partial charge < -0.3 is 10.5 Å². The van der Waals surface area contributed by atoms with Crippen molar-refractivity contribution in [1.29, 1.82) is 0 Å². The minimum atomic E-state index is -1.33. The number of carbonyl (C=O) groups is 2. The van der Waals surface area contributed by atoms with Gasteiger partial charge in [-0.15, -0.1) is 0 Å². The predicted molar refractivity (Wildman–Crippen MR) is 55.3 cm³/mol. The number of hydrogen-bond acceptors (Lipinski definition) is 4. The Bertz CT molecular complexity index is 378. The lowest BCUT2D eigenvalue weighted by molar-refractivity contribution is -0.142. The maximum Gasteiger partial charge on any atom is 0.330 e. The molecule has 0 aliphatic rings. The van der Waals surface area contributed by atoms with Gasteiger partial charge in [0, 0.05) is 5.69 Å². The molecule has 16 heavy (non-hydrogen) atoms. The van der Waals surface area contributed by atoms with Crippen LogP contribution in [0.1, 0.15) is 6.92 Å². The zero-order valence-corrected chi connectivity index (χ0v) is 8.53. The van der Waals surface area contributed by atoms with Crippen LogP contribution in [-0.4, -0.2) is 22.9 Å². The van der Waals surface area contributed by atoms with E-state index in [4.69, 9.17) is 5.11 Å². The van der Waals surface area contributed by atoms with Crippen LogP contribution in [0.2, 0.25) is 0 Å². The summed E-state index contributed by atoms with van der Waals surface area (Å²) in [5.41, 5.74) is 5.32. The van der Waals surface area contributed by atoms with E-state index in [1.54, 1.807) is 0 Å². The van der Waals surface area contributed by atoms with Crippen LogP contribution in [0.5, 0.6) is 0 Å². The molecule has 0 amide bonds. The highest BCUT2D eigenvalue weighted by molar-refractivity contribution is 6.01. The number of carboxylic acid groups (broad SMARTS) is 1. The summed E-state index contributed by atoms with van der Waals surface area (Å²) in [4.78, 5) is 21.6. The van der Waals surface area contributed by atoms with E-state index in [1.165, 1.54) is 24.3 Å². The van der Waals surface area contributed by atoms with Crippen LogP contribution in [0, 0.1) is 5.82 Å². The molecule has 0 spiro atoms. The number of ketones is 1. The Labute approximate surface area is 91.2 Å². The van der Waals surface area contributed by atoms with Crippen molar-refractivity contribution < 1.29 is 19.1 Å². The largest absolute Gasteiger partial charge is 0.480 e. The normalized spacial score (nSPS) is 11.9. The molecule has 5 nitrogen and oxygen atoms in total. The maximum atomic E-state index is 12.5. The van der Waals surface area contributed by atoms with Gasteiger partial charge in [-0.25, -0.2) is 14.6 Å². The van der Waals surface area contributed by atoms with Gasteiger partial charge in [-0.2, -0.15) is 0 Å². The number of aliphatic carboxylic acids is 1. The van der Waals surface area contributed by atoms with E-state index in [0.29, 0.717) is 5.69 Å². The molecular formula is C10H11FN2O3. The van der Waals surface area contributed by atoms with Gasteiger partial charge in [0.1, 0.15) is 5.82 Å². The Morgan fingerprint density at radius 3 is 2.31 bits per heavy atom. The smallest absolute Gasteiger partial charge is 0.330 e. The van der Waals surface area contributed by atoms with Gasteiger partial charge >= 0.3 is 5.97 Å².